The van der Waals surface area contributed by atoms with Gasteiger partial charge in [0.25, 0.3) is 0 Å². The Morgan fingerprint density at radius 2 is 2.18 bits per heavy atom. The maximum atomic E-state index is 12.1. The lowest BCUT2D eigenvalue weighted by molar-refractivity contribution is -0.121. The van der Waals surface area contributed by atoms with Crippen molar-refractivity contribution in [2.45, 2.75) is 33.5 Å². The molecule has 3 rings (SSSR count). The second-order valence-corrected chi connectivity index (χ2v) is 5.04. The van der Waals surface area contributed by atoms with Crippen molar-refractivity contribution in [1.29, 1.82) is 0 Å². The van der Waals surface area contributed by atoms with Crippen LogP contribution in [0.1, 0.15) is 18.3 Å². The SMILES string of the molecule is CCn1nc(C)c2c1cnn2CC(=O)NCc1ccccn1. The Kier molecular flexibility index (Phi) is 3.86. The van der Waals surface area contributed by atoms with Crippen LogP contribution < -0.4 is 5.32 Å². The summed E-state index contributed by atoms with van der Waals surface area (Å²) < 4.78 is 3.58. The molecule has 114 valence electrons. The van der Waals surface area contributed by atoms with E-state index in [-0.39, 0.29) is 12.5 Å². The highest BCUT2D eigenvalue weighted by molar-refractivity contribution is 5.81. The molecule has 0 unspecified atom stereocenters. The van der Waals surface area contributed by atoms with Gasteiger partial charge in [0.2, 0.25) is 5.91 Å². The van der Waals surface area contributed by atoms with Crippen molar-refractivity contribution < 1.29 is 4.79 Å². The molecule has 0 spiro atoms. The van der Waals surface area contributed by atoms with Crippen molar-refractivity contribution in [3.05, 3.63) is 42.0 Å². The van der Waals surface area contributed by atoms with Gasteiger partial charge in [0.15, 0.2) is 0 Å². The van der Waals surface area contributed by atoms with Crippen LogP contribution in [0.15, 0.2) is 30.6 Å². The molecule has 22 heavy (non-hydrogen) atoms. The van der Waals surface area contributed by atoms with Crippen molar-refractivity contribution in [2.24, 2.45) is 0 Å². The lowest BCUT2D eigenvalue weighted by Crippen LogP contribution is -2.27. The average molecular weight is 298 g/mol. The molecule has 0 aliphatic heterocycles. The highest BCUT2D eigenvalue weighted by Gasteiger charge is 2.14. The fraction of sp³-hybridized carbons (Fsp3) is 0.333. The summed E-state index contributed by atoms with van der Waals surface area (Å²) in [6, 6.07) is 5.62. The molecule has 0 bridgehead atoms. The summed E-state index contributed by atoms with van der Waals surface area (Å²) in [7, 11) is 0. The lowest BCUT2D eigenvalue weighted by atomic mass is 10.3. The fourth-order valence-corrected chi connectivity index (χ4v) is 2.46. The Bertz CT molecular complexity index is 789. The van der Waals surface area contributed by atoms with Gasteiger partial charge in [-0.1, -0.05) is 6.07 Å². The molecule has 1 amide bonds. The Labute approximate surface area is 128 Å². The van der Waals surface area contributed by atoms with Gasteiger partial charge in [-0.3, -0.25) is 19.1 Å². The van der Waals surface area contributed by atoms with Crippen molar-refractivity contribution in [3.8, 4) is 0 Å². The molecule has 0 aliphatic rings. The van der Waals surface area contributed by atoms with Crippen LogP contribution in [0.5, 0.6) is 0 Å². The smallest absolute Gasteiger partial charge is 0.242 e. The van der Waals surface area contributed by atoms with Crippen molar-refractivity contribution in [1.82, 2.24) is 29.9 Å². The van der Waals surface area contributed by atoms with Gasteiger partial charge < -0.3 is 5.32 Å². The summed E-state index contributed by atoms with van der Waals surface area (Å²) in [6.45, 7) is 5.33. The van der Waals surface area contributed by atoms with E-state index in [1.807, 2.05) is 36.7 Å². The summed E-state index contributed by atoms with van der Waals surface area (Å²) in [6.07, 6.45) is 3.46. The topological polar surface area (TPSA) is 77.6 Å². The normalized spacial score (nSPS) is 11.0. The third kappa shape index (κ3) is 2.69. The number of carbonyl (C=O) groups is 1. The maximum absolute atomic E-state index is 12.1. The van der Waals surface area contributed by atoms with E-state index in [2.05, 4.69) is 20.5 Å². The Morgan fingerprint density at radius 3 is 2.91 bits per heavy atom. The van der Waals surface area contributed by atoms with Gasteiger partial charge in [0.1, 0.15) is 17.6 Å². The molecular formula is C15H18N6O. The number of fused-ring (bicyclic) bond motifs is 1. The van der Waals surface area contributed by atoms with E-state index in [0.717, 1.165) is 29.0 Å². The minimum absolute atomic E-state index is 0.0979. The standard InChI is InChI=1S/C15H18N6O/c1-3-20-13-9-18-21(15(13)11(2)19-20)10-14(22)17-8-12-6-4-5-7-16-12/h4-7,9H,3,8,10H2,1-2H3,(H,17,22). The predicted octanol–water partition coefficient (Wildman–Crippen LogP) is 1.27. The van der Waals surface area contributed by atoms with Gasteiger partial charge in [-0.25, -0.2) is 0 Å². The van der Waals surface area contributed by atoms with E-state index in [4.69, 9.17) is 0 Å². The summed E-state index contributed by atoms with van der Waals surface area (Å²) >= 11 is 0. The van der Waals surface area contributed by atoms with E-state index in [9.17, 15) is 4.79 Å². The molecule has 3 aromatic rings. The first kappa shape index (κ1) is 14.2. The van der Waals surface area contributed by atoms with Crippen LogP contribution >= 0.6 is 0 Å². The van der Waals surface area contributed by atoms with Crippen LogP contribution in [0.4, 0.5) is 0 Å². The number of nitrogens with zero attached hydrogens (tertiary/aromatic N) is 5. The molecule has 0 saturated heterocycles. The second-order valence-electron chi connectivity index (χ2n) is 5.04. The van der Waals surface area contributed by atoms with Crippen molar-refractivity contribution in [3.63, 3.8) is 0 Å². The number of nitrogens with one attached hydrogen (secondary N) is 1. The monoisotopic (exact) mass is 298 g/mol. The number of aromatic nitrogens is 5. The molecular weight excluding hydrogens is 280 g/mol. The fourth-order valence-electron chi connectivity index (χ4n) is 2.46. The zero-order chi connectivity index (χ0) is 15.5. The van der Waals surface area contributed by atoms with Gasteiger partial charge in [0, 0.05) is 12.7 Å². The van der Waals surface area contributed by atoms with Gasteiger partial charge in [-0.15, -0.1) is 0 Å². The minimum Gasteiger partial charge on any atom is -0.349 e. The molecule has 0 radical (unpaired) electrons. The second kappa shape index (κ2) is 5.97. The van der Waals surface area contributed by atoms with Crippen LogP contribution in [0, 0.1) is 6.92 Å². The molecule has 0 aliphatic carbocycles. The highest BCUT2D eigenvalue weighted by atomic mass is 16.2. The van der Waals surface area contributed by atoms with Crippen LogP contribution in [-0.4, -0.2) is 30.5 Å². The van der Waals surface area contributed by atoms with E-state index in [1.54, 1.807) is 17.1 Å². The Balaban J connectivity index is 1.70. The quantitative estimate of drug-likeness (QED) is 0.769. The molecule has 7 heteroatoms. The first-order chi connectivity index (χ1) is 10.7. The van der Waals surface area contributed by atoms with E-state index < -0.39 is 0 Å². The summed E-state index contributed by atoms with van der Waals surface area (Å²) in [5.41, 5.74) is 3.58. The lowest BCUT2D eigenvalue weighted by Gasteiger charge is -2.05. The van der Waals surface area contributed by atoms with Crippen LogP contribution in [0.2, 0.25) is 0 Å². The zero-order valence-electron chi connectivity index (χ0n) is 12.7. The third-order valence-corrected chi connectivity index (χ3v) is 3.50. The summed E-state index contributed by atoms with van der Waals surface area (Å²) in [5.74, 6) is -0.0979. The Morgan fingerprint density at radius 1 is 1.32 bits per heavy atom. The maximum Gasteiger partial charge on any atom is 0.242 e. The highest BCUT2D eigenvalue weighted by Crippen LogP contribution is 2.17. The molecule has 3 aromatic heterocycles. The molecule has 3 heterocycles. The number of carbonyl (C=O) groups excluding carboxylic acids is 1. The molecule has 0 saturated carbocycles. The Hall–Kier alpha value is -2.70. The summed E-state index contributed by atoms with van der Waals surface area (Å²) in [4.78, 5) is 16.3. The molecule has 0 aromatic carbocycles. The zero-order valence-corrected chi connectivity index (χ0v) is 12.7. The van der Waals surface area contributed by atoms with Crippen LogP contribution in [-0.2, 0) is 24.4 Å². The van der Waals surface area contributed by atoms with Crippen LogP contribution in [0.25, 0.3) is 11.0 Å². The molecule has 7 nitrogen and oxygen atoms in total. The van der Waals surface area contributed by atoms with E-state index >= 15 is 0 Å². The first-order valence-electron chi connectivity index (χ1n) is 7.24. The summed E-state index contributed by atoms with van der Waals surface area (Å²) in [5, 5.41) is 11.6. The number of hydrogen-bond donors (Lipinski definition) is 1. The van der Waals surface area contributed by atoms with E-state index in [1.165, 1.54) is 0 Å². The predicted molar refractivity (Wildman–Crippen MR) is 82.0 cm³/mol. The molecule has 0 atom stereocenters. The van der Waals surface area contributed by atoms with E-state index in [0.29, 0.717) is 6.54 Å². The largest absolute Gasteiger partial charge is 0.349 e. The number of hydrogen-bond acceptors (Lipinski definition) is 4. The number of rotatable bonds is 5. The van der Waals surface area contributed by atoms with Crippen molar-refractivity contribution in [2.75, 3.05) is 0 Å². The van der Waals surface area contributed by atoms with Gasteiger partial charge >= 0.3 is 0 Å². The number of pyridine rings is 1. The van der Waals surface area contributed by atoms with Gasteiger partial charge in [-0.2, -0.15) is 10.2 Å². The minimum atomic E-state index is -0.0979. The average Bonchev–Trinajstić information content (AvgIpc) is 3.08. The molecule has 1 N–H and O–H groups in total. The third-order valence-electron chi connectivity index (χ3n) is 3.50. The first-order valence-corrected chi connectivity index (χ1v) is 7.24. The van der Waals surface area contributed by atoms with Gasteiger partial charge in [0.05, 0.1) is 24.1 Å². The number of amides is 1. The van der Waals surface area contributed by atoms with Gasteiger partial charge in [-0.05, 0) is 26.0 Å². The van der Waals surface area contributed by atoms with Crippen LogP contribution in [0.3, 0.4) is 0 Å². The van der Waals surface area contributed by atoms with Crippen molar-refractivity contribution >= 4 is 16.9 Å². The molecule has 0 fully saturated rings. The number of aryl methyl sites for hydroxylation is 2.